The van der Waals surface area contributed by atoms with Gasteiger partial charge in [0.05, 0.1) is 6.10 Å². The van der Waals surface area contributed by atoms with Gasteiger partial charge in [-0.3, -0.25) is 0 Å². The smallest absolute Gasteiger partial charge is 0.0698 e. The molecule has 3 heteroatoms. The summed E-state index contributed by atoms with van der Waals surface area (Å²) < 4.78 is 5.36. The van der Waals surface area contributed by atoms with Gasteiger partial charge in [-0.1, -0.05) is 0 Å². The molecule has 0 amide bonds. The fraction of sp³-hybridized carbons (Fsp3) is 1.00. The van der Waals surface area contributed by atoms with Crippen molar-refractivity contribution < 1.29 is 4.74 Å². The summed E-state index contributed by atoms with van der Waals surface area (Å²) in [7, 11) is 1.81. The third-order valence-electron chi connectivity index (χ3n) is 2.70. The van der Waals surface area contributed by atoms with Gasteiger partial charge in [-0.25, -0.2) is 0 Å². The van der Waals surface area contributed by atoms with Crippen molar-refractivity contribution in [2.45, 2.75) is 38.3 Å². The molecule has 3 nitrogen and oxygen atoms in total. The highest BCUT2D eigenvalue weighted by Gasteiger charge is 2.18. The van der Waals surface area contributed by atoms with Crippen LogP contribution in [-0.2, 0) is 4.74 Å². The summed E-state index contributed by atoms with van der Waals surface area (Å²) in [5, 5.41) is 0. The molecule has 1 saturated heterocycles. The molecule has 1 heterocycles. The largest absolute Gasteiger partial charge is 0.380 e. The number of ether oxygens (including phenoxy) is 1. The molecule has 1 aliphatic rings. The Hall–Kier alpha value is -0.120. The Kier molecular flexibility index (Phi) is 4.70. The van der Waals surface area contributed by atoms with Crippen LogP contribution in [0.25, 0.3) is 0 Å². The van der Waals surface area contributed by atoms with Gasteiger partial charge in [-0.15, -0.1) is 0 Å². The van der Waals surface area contributed by atoms with Crippen molar-refractivity contribution in [1.29, 1.82) is 0 Å². The van der Waals surface area contributed by atoms with Crippen molar-refractivity contribution in [1.82, 2.24) is 4.90 Å². The van der Waals surface area contributed by atoms with Crippen LogP contribution >= 0.6 is 0 Å². The number of nitrogens with two attached hydrogens (primary N) is 1. The highest BCUT2D eigenvalue weighted by molar-refractivity contribution is 4.73. The minimum atomic E-state index is 0.322. The lowest BCUT2D eigenvalue weighted by atomic mass is 10.1. The van der Waals surface area contributed by atoms with Crippen molar-refractivity contribution in [3.05, 3.63) is 0 Å². The van der Waals surface area contributed by atoms with Crippen LogP contribution in [-0.4, -0.2) is 43.8 Å². The molecule has 0 spiro atoms. The maximum Gasteiger partial charge on any atom is 0.0698 e. The van der Waals surface area contributed by atoms with Crippen molar-refractivity contribution >= 4 is 0 Å². The second-order valence-electron chi connectivity index (χ2n) is 4.07. The topological polar surface area (TPSA) is 38.5 Å². The summed E-state index contributed by atoms with van der Waals surface area (Å²) in [4.78, 5) is 2.46. The lowest BCUT2D eigenvalue weighted by Crippen LogP contribution is -2.40. The Morgan fingerprint density at radius 1 is 1.62 bits per heavy atom. The molecular formula is C10H22N2O. The van der Waals surface area contributed by atoms with E-state index in [9.17, 15) is 0 Å². The van der Waals surface area contributed by atoms with Gasteiger partial charge in [0.15, 0.2) is 0 Å². The van der Waals surface area contributed by atoms with Crippen LogP contribution in [0.1, 0.15) is 26.2 Å². The summed E-state index contributed by atoms with van der Waals surface area (Å²) in [6.45, 7) is 5.49. The second-order valence-corrected chi connectivity index (χ2v) is 4.07. The average molecular weight is 186 g/mol. The molecular weight excluding hydrogens is 164 g/mol. The van der Waals surface area contributed by atoms with E-state index in [1.54, 1.807) is 7.11 Å². The fourth-order valence-corrected chi connectivity index (χ4v) is 1.79. The Labute approximate surface area is 81.2 Å². The molecule has 0 aliphatic carbocycles. The first-order valence-electron chi connectivity index (χ1n) is 5.23. The zero-order valence-corrected chi connectivity index (χ0v) is 8.83. The van der Waals surface area contributed by atoms with Gasteiger partial charge in [0.2, 0.25) is 0 Å². The Balaban J connectivity index is 2.18. The molecule has 1 rings (SSSR count). The standard InChI is InChI=1S/C10H22N2O/c1-9(11)5-7-12-6-3-4-10(8-12)13-2/h9-10H,3-8,11H2,1-2H3. The average Bonchev–Trinajstić information content (AvgIpc) is 2.15. The maximum atomic E-state index is 5.72. The zero-order chi connectivity index (χ0) is 9.68. The fourth-order valence-electron chi connectivity index (χ4n) is 1.79. The molecule has 2 atom stereocenters. The SMILES string of the molecule is COC1CCCN(CCC(C)N)C1. The van der Waals surface area contributed by atoms with E-state index in [0.29, 0.717) is 12.1 Å². The Bertz CT molecular complexity index is 139. The number of rotatable bonds is 4. The third-order valence-corrected chi connectivity index (χ3v) is 2.70. The number of piperidine rings is 1. The predicted octanol–water partition coefficient (Wildman–Crippen LogP) is 0.834. The van der Waals surface area contributed by atoms with Crippen molar-refractivity contribution in [2.75, 3.05) is 26.7 Å². The summed E-state index contributed by atoms with van der Waals surface area (Å²) in [6.07, 6.45) is 4.01. The lowest BCUT2D eigenvalue weighted by Gasteiger charge is -2.32. The number of nitrogens with zero attached hydrogens (tertiary/aromatic N) is 1. The number of hydrogen-bond acceptors (Lipinski definition) is 3. The summed E-state index contributed by atoms with van der Waals surface area (Å²) >= 11 is 0. The third kappa shape index (κ3) is 4.07. The summed E-state index contributed by atoms with van der Waals surface area (Å²) in [6, 6.07) is 0.322. The molecule has 1 aliphatic heterocycles. The van der Waals surface area contributed by atoms with Crippen LogP contribution < -0.4 is 5.73 Å². The Morgan fingerprint density at radius 2 is 2.38 bits per heavy atom. The second kappa shape index (κ2) is 5.58. The molecule has 0 aromatic carbocycles. The molecule has 0 bridgehead atoms. The molecule has 2 N–H and O–H groups in total. The van der Waals surface area contributed by atoms with Crippen molar-refractivity contribution in [3.8, 4) is 0 Å². The summed E-state index contributed by atoms with van der Waals surface area (Å²) in [5.41, 5.74) is 5.72. The highest BCUT2D eigenvalue weighted by atomic mass is 16.5. The summed E-state index contributed by atoms with van der Waals surface area (Å²) in [5.74, 6) is 0. The van der Waals surface area contributed by atoms with E-state index in [0.717, 1.165) is 19.5 Å². The van der Waals surface area contributed by atoms with E-state index < -0.39 is 0 Å². The number of likely N-dealkylation sites (tertiary alicyclic amines) is 1. The van der Waals surface area contributed by atoms with Crippen LogP contribution in [0.15, 0.2) is 0 Å². The van der Waals surface area contributed by atoms with Crippen LogP contribution in [0.5, 0.6) is 0 Å². The van der Waals surface area contributed by atoms with Gasteiger partial charge in [-0.05, 0) is 39.3 Å². The molecule has 13 heavy (non-hydrogen) atoms. The van der Waals surface area contributed by atoms with Gasteiger partial charge >= 0.3 is 0 Å². The van der Waals surface area contributed by atoms with E-state index in [4.69, 9.17) is 10.5 Å². The molecule has 2 unspecified atom stereocenters. The minimum Gasteiger partial charge on any atom is -0.380 e. The normalized spacial score (nSPS) is 27.5. The van der Waals surface area contributed by atoms with Gasteiger partial charge in [0, 0.05) is 19.7 Å². The van der Waals surface area contributed by atoms with E-state index >= 15 is 0 Å². The van der Waals surface area contributed by atoms with E-state index in [-0.39, 0.29) is 0 Å². The molecule has 1 fully saturated rings. The first-order chi connectivity index (χ1) is 6.22. The molecule has 0 aromatic rings. The zero-order valence-electron chi connectivity index (χ0n) is 8.83. The van der Waals surface area contributed by atoms with Crippen molar-refractivity contribution in [3.63, 3.8) is 0 Å². The number of hydrogen-bond donors (Lipinski definition) is 1. The highest BCUT2D eigenvalue weighted by Crippen LogP contribution is 2.12. The quantitative estimate of drug-likeness (QED) is 0.707. The monoisotopic (exact) mass is 186 g/mol. The van der Waals surface area contributed by atoms with Gasteiger partial charge in [0.25, 0.3) is 0 Å². The van der Waals surface area contributed by atoms with Crippen LogP contribution in [0.4, 0.5) is 0 Å². The van der Waals surface area contributed by atoms with E-state index in [1.165, 1.54) is 19.4 Å². The van der Waals surface area contributed by atoms with Crippen LogP contribution in [0, 0.1) is 0 Å². The minimum absolute atomic E-state index is 0.322. The number of methoxy groups -OCH3 is 1. The van der Waals surface area contributed by atoms with Gasteiger partial charge in [0.1, 0.15) is 0 Å². The lowest BCUT2D eigenvalue weighted by molar-refractivity contribution is 0.0306. The molecule has 0 aromatic heterocycles. The maximum absolute atomic E-state index is 5.72. The van der Waals surface area contributed by atoms with Gasteiger partial charge < -0.3 is 15.4 Å². The van der Waals surface area contributed by atoms with Crippen LogP contribution in [0.3, 0.4) is 0 Å². The van der Waals surface area contributed by atoms with Gasteiger partial charge in [-0.2, -0.15) is 0 Å². The van der Waals surface area contributed by atoms with Crippen LogP contribution in [0.2, 0.25) is 0 Å². The molecule has 0 saturated carbocycles. The Morgan fingerprint density at radius 3 is 3.00 bits per heavy atom. The van der Waals surface area contributed by atoms with Crippen molar-refractivity contribution in [2.24, 2.45) is 5.73 Å². The van der Waals surface area contributed by atoms with E-state index in [1.807, 2.05) is 0 Å². The van der Waals surface area contributed by atoms with E-state index in [2.05, 4.69) is 11.8 Å². The predicted molar refractivity (Wildman–Crippen MR) is 54.7 cm³/mol. The first-order valence-corrected chi connectivity index (χ1v) is 5.23. The molecule has 0 radical (unpaired) electrons. The first kappa shape index (κ1) is 11.0. The molecule has 78 valence electrons.